The van der Waals surface area contributed by atoms with Crippen LogP contribution in [0.2, 0.25) is 0 Å². The maximum atomic E-state index is 14.1. The number of carbonyl (C=O) groups is 1. The van der Waals surface area contributed by atoms with Crippen LogP contribution in [0.4, 0.5) is 14.5 Å². The first-order valence-electron chi connectivity index (χ1n) is 7.15. The highest BCUT2D eigenvalue weighted by molar-refractivity contribution is 7.13. The van der Waals surface area contributed by atoms with Crippen LogP contribution in [0.3, 0.4) is 0 Å². The number of pyridine rings is 1. The first-order valence-corrected chi connectivity index (χ1v) is 8.03. The molecule has 0 saturated heterocycles. The van der Waals surface area contributed by atoms with Crippen LogP contribution < -0.4 is 4.90 Å². The molecule has 0 aliphatic carbocycles. The number of amides is 1. The molecule has 4 nitrogen and oxygen atoms in total. The van der Waals surface area contributed by atoms with Crippen molar-refractivity contribution >= 4 is 22.9 Å². The SMILES string of the molecule is CN1C(=O)C(F)(F)c2cc(-c3csc(-c4ccncc4)n3)ccc21. The second-order valence-electron chi connectivity index (χ2n) is 5.44. The second-order valence-corrected chi connectivity index (χ2v) is 6.30. The van der Waals surface area contributed by atoms with E-state index in [0.29, 0.717) is 11.3 Å². The second kappa shape index (κ2) is 5.17. The van der Waals surface area contributed by atoms with E-state index < -0.39 is 11.8 Å². The summed E-state index contributed by atoms with van der Waals surface area (Å²) in [7, 11) is 1.35. The molecule has 1 aliphatic rings. The third-order valence-electron chi connectivity index (χ3n) is 4.00. The average molecular weight is 343 g/mol. The van der Waals surface area contributed by atoms with Gasteiger partial charge in [-0.15, -0.1) is 11.3 Å². The number of fused-ring (bicyclic) bond motifs is 1. The topological polar surface area (TPSA) is 46.1 Å². The number of alkyl halides is 2. The molecule has 1 amide bonds. The predicted octanol–water partition coefficient (Wildman–Crippen LogP) is 3.94. The fourth-order valence-corrected chi connectivity index (χ4v) is 3.54. The van der Waals surface area contributed by atoms with E-state index in [2.05, 4.69) is 9.97 Å². The third-order valence-corrected chi connectivity index (χ3v) is 4.89. The van der Waals surface area contributed by atoms with Crippen molar-refractivity contribution in [2.75, 3.05) is 11.9 Å². The predicted molar refractivity (Wildman–Crippen MR) is 88.1 cm³/mol. The lowest BCUT2D eigenvalue weighted by atomic mass is 10.0. The molecule has 0 saturated carbocycles. The Balaban J connectivity index is 1.76. The summed E-state index contributed by atoms with van der Waals surface area (Å²) in [6.45, 7) is 0. The zero-order chi connectivity index (χ0) is 16.9. The van der Waals surface area contributed by atoms with Crippen molar-refractivity contribution in [1.82, 2.24) is 9.97 Å². The number of rotatable bonds is 2. The van der Waals surface area contributed by atoms with Gasteiger partial charge in [0, 0.05) is 35.9 Å². The Kier molecular flexibility index (Phi) is 3.21. The molecule has 3 aromatic rings. The molecule has 4 rings (SSSR count). The van der Waals surface area contributed by atoms with Crippen molar-refractivity contribution in [1.29, 1.82) is 0 Å². The van der Waals surface area contributed by atoms with E-state index in [1.54, 1.807) is 18.5 Å². The number of hydrogen-bond acceptors (Lipinski definition) is 4. The largest absolute Gasteiger partial charge is 0.352 e. The lowest BCUT2D eigenvalue weighted by molar-refractivity contribution is -0.141. The molecular formula is C17H11F2N3OS. The summed E-state index contributed by atoms with van der Waals surface area (Å²) in [5.41, 5.74) is 2.05. The van der Waals surface area contributed by atoms with E-state index in [1.165, 1.54) is 30.5 Å². The van der Waals surface area contributed by atoms with Crippen LogP contribution in [-0.4, -0.2) is 22.9 Å². The molecule has 1 aromatic carbocycles. The van der Waals surface area contributed by atoms with E-state index in [-0.39, 0.29) is 11.3 Å². The molecule has 0 atom stereocenters. The van der Waals surface area contributed by atoms with Crippen molar-refractivity contribution in [3.8, 4) is 21.8 Å². The van der Waals surface area contributed by atoms with Gasteiger partial charge in [0.15, 0.2) is 0 Å². The Morgan fingerprint density at radius 1 is 1.12 bits per heavy atom. The minimum absolute atomic E-state index is 0.235. The van der Waals surface area contributed by atoms with Crippen LogP contribution in [0.5, 0.6) is 0 Å². The summed E-state index contributed by atoms with van der Waals surface area (Å²) in [6.07, 6.45) is 3.35. The first kappa shape index (κ1) is 14.9. The monoisotopic (exact) mass is 343 g/mol. The Bertz CT molecular complexity index is 940. The highest BCUT2D eigenvalue weighted by Gasteiger charge is 2.51. The van der Waals surface area contributed by atoms with Gasteiger partial charge in [0.2, 0.25) is 0 Å². The minimum atomic E-state index is -3.50. The number of thiazole rings is 1. The van der Waals surface area contributed by atoms with Gasteiger partial charge in [-0.2, -0.15) is 8.78 Å². The van der Waals surface area contributed by atoms with E-state index in [0.717, 1.165) is 15.5 Å². The van der Waals surface area contributed by atoms with Gasteiger partial charge < -0.3 is 4.90 Å². The number of halogens is 2. The smallest absolute Gasteiger partial charge is 0.309 e. The Hall–Kier alpha value is -2.67. The lowest BCUT2D eigenvalue weighted by Crippen LogP contribution is -2.31. The van der Waals surface area contributed by atoms with Crippen LogP contribution in [-0.2, 0) is 10.7 Å². The minimum Gasteiger partial charge on any atom is -0.309 e. The number of carbonyl (C=O) groups excluding carboxylic acids is 1. The van der Waals surface area contributed by atoms with Crippen molar-refractivity contribution in [3.05, 3.63) is 53.7 Å². The lowest BCUT2D eigenvalue weighted by Gasteiger charge is -2.09. The molecule has 24 heavy (non-hydrogen) atoms. The molecule has 2 aromatic heterocycles. The van der Waals surface area contributed by atoms with Crippen LogP contribution in [0, 0.1) is 0 Å². The van der Waals surface area contributed by atoms with Crippen molar-refractivity contribution < 1.29 is 13.6 Å². The Morgan fingerprint density at radius 2 is 1.88 bits per heavy atom. The molecule has 0 bridgehead atoms. The summed E-state index contributed by atoms with van der Waals surface area (Å²) >= 11 is 1.43. The quantitative estimate of drug-likeness (QED) is 0.708. The summed E-state index contributed by atoms with van der Waals surface area (Å²) in [5, 5.41) is 2.60. The van der Waals surface area contributed by atoms with Crippen LogP contribution >= 0.6 is 11.3 Å². The average Bonchev–Trinajstić information content (AvgIpc) is 3.16. The molecule has 0 N–H and O–H groups in total. The molecule has 0 fully saturated rings. The van der Waals surface area contributed by atoms with Crippen molar-refractivity contribution in [3.63, 3.8) is 0 Å². The standard InChI is InChI=1S/C17H11F2N3OS/c1-22-14-3-2-11(8-12(14)17(18,19)16(22)23)13-9-24-15(21-13)10-4-6-20-7-5-10/h2-9H,1H3. The first-order chi connectivity index (χ1) is 11.5. The fourth-order valence-electron chi connectivity index (χ4n) is 2.71. The normalized spacial score (nSPS) is 15.6. The van der Waals surface area contributed by atoms with Crippen LogP contribution in [0.1, 0.15) is 5.56 Å². The fraction of sp³-hybridized carbons (Fsp3) is 0.118. The van der Waals surface area contributed by atoms with Crippen molar-refractivity contribution in [2.45, 2.75) is 5.92 Å². The summed E-state index contributed by atoms with van der Waals surface area (Å²) in [4.78, 5) is 21.1. The summed E-state index contributed by atoms with van der Waals surface area (Å²) in [5.74, 6) is -4.70. The number of likely N-dealkylation sites (N-methyl/N-ethyl adjacent to an activating group) is 1. The molecule has 0 radical (unpaired) electrons. The van der Waals surface area contributed by atoms with Gasteiger partial charge in [-0.25, -0.2) is 4.98 Å². The Labute approximate surface area is 140 Å². The number of aromatic nitrogens is 2. The van der Waals surface area contributed by atoms with Gasteiger partial charge in [0.05, 0.1) is 16.9 Å². The Morgan fingerprint density at radius 3 is 2.62 bits per heavy atom. The summed E-state index contributed by atoms with van der Waals surface area (Å²) < 4.78 is 28.3. The zero-order valence-corrected chi connectivity index (χ0v) is 13.3. The van der Waals surface area contributed by atoms with Gasteiger partial charge >= 0.3 is 11.8 Å². The molecular weight excluding hydrogens is 332 g/mol. The summed E-state index contributed by atoms with van der Waals surface area (Å²) in [6, 6.07) is 8.27. The van der Waals surface area contributed by atoms with E-state index in [4.69, 9.17) is 0 Å². The number of benzene rings is 1. The van der Waals surface area contributed by atoms with Gasteiger partial charge in [0.25, 0.3) is 0 Å². The molecule has 120 valence electrons. The van der Waals surface area contributed by atoms with Crippen LogP contribution in [0.25, 0.3) is 21.8 Å². The number of anilines is 1. The molecule has 7 heteroatoms. The van der Waals surface area contributed by atoms with Gasteiger partial charge in [-0.1, -0.05) is 6.07 Å². The molecule has 3 heterocycles. The van der Waals surface area contributed by atoms with Gasteiger partial charge in [-0.05, 0) is 24.3 Å². The van der Waals surface area contributed by atoms with E-state index >= 15 is 0 Å². The van der Waals surface area contributed by atoms with E-state index in [9.17, 15) is 13.6 Å². The number of hydrogen-bond donors (Lipinski definition) is 0. The third kappa shape index (κ3) is 2.12. The maximum absolute atomic E-state index is 14.1. The van der Waals surface area contributed by atoms with Gasteiger partial charge in [-0.3, -0.25) is 9.78 Å². The highest BCUT2D eigenvalue weighted by atomic mass is 32.1. The molecule has 0 unspecified atom stereocenters. The molecule has 1 aliphatic heterocycles. The van der Waals surface area contributed by atoms with E-state index in [1.807, 2.05) is 17.5 Å². The van der Waals surface area contributed by atoms with Gasteiger partial charge in [0.1, 0.15) is 5.01 Å². The maximum Gasteiger partial charge on any atom is 0.352 e. The molecule has 0 spiro atoms. The van der Waals surface area contributed by atoms with Crippen molar-refractivity contribution in [2.24, 2.45) is 0 Å². The zero-order valence-electron chi connectivity index (χ0n) is 12.5. The highest BCUT2D eigenvalue weighted by Crippen LogP contribution is 2.45. The van der Waals surface area contributed by atoms with Crippen LogP contribution in [0.15, 0.2) is 48.1 Å². The number of nitrogens with zero attached hydrogens (tertiary/aromatic N) is 3.